The van der Waals surface area contributed by atoms with E-state index in [1.165, 1.54) is 0 Å². The van der Waals surface area contributed by atoms with Gasteiger partial charge in [0.15, 0.2) is 5.76 Å². The maximum Gasteiger partial charge on any atom is 0.238 e. The minimum absolute atomic E-state index is 0.516. The van der Waals surface area contributed by atoms with Crippen molar-refractivity contribution in [2.24, 2.45) is 0 Å². The maximum atomic E-state index is 6.55. The minimum atomic E-state index is -0.516. The highest BCUT2D eigenvalue weighted by Crippen LogP contribution is 2.38. The molecule has 0 amide bonds. The molecule has 1 N–H and O–H groups in total. The van der Waals surface area contributed by atoms with Crippen LogP contribution in [0.3, 0.4) is 0 Å². The first-order chi connectivity index (χ1) is 12.2. The van der Waals surface area contributed by atoms with Gasteiger partial charge in [-0.15, -0.1) is 0 Å². The van der Waals surface area contributed by atoms with E-state index >= 15 is 0 Å². The Morgan fingerprint density at radius 2 is 1.40 bits per heavy atom. The zero-order valence-corrected chi connectivity index (χ0v) is 14.9. The summed E-state index contributed by atoms with van der Waals surface area (Å²) in [6.45, 7) is 6.23. The second kappa shape index (κ2) is 6.54. The first-order valence-electron chi connectivity index (χ1n) is 8.92. The lowest BCUT2D eigenvalue weighted by Crippen LogP contribution is -2.60. The Bertz CT molecular complexity index is 698. The van der Waals surface area contributed by atoms with Crippen LogP contribution in [0.2, 0.25) is 0 Å². The number of piperazine rings is 1. The molecule has 0 saturated carbocycles. The van der Waals surface area contributed by atoms with E-state index < -0.39 is 5.85 Å². The zero-order chi connectivity index (χ0) is 17.3. The summed E-state index contributed by atoms with van der Waals surface area (Å²) in [6.07, 6.45) is 0. The SMILES string of the molecule is CN1CCN(C2(C)NC(c3ccccc3)=C(c3ccccc3)O2)CC1. The molecule has 0 aliphatic carbocycles. The molecule has 2 aliphatic rings. The van der Waals surface area contributed by atoms with Crippen molar-refractivity contribution in [2.45, 2.75) is 12.8 Å². The molecular weight excluding hydrogens is 310 g/mol. The summed E-state index contributed by atoms with van der Waals surface area (Å²) in [4.78, 5) is 4.75. The van der Waals surface area contributed by atoms with Crippen LogP contribution in [0.4, 0.5) is 0 Å². The molecule has 0 spiro atoms. The van der Waals surface area contributed by atoms with Crippen molar-refractivity contribution in [3.8, 4) is 0 Å². The van der Waals surface area contributed by atoms with Gasteiger partial charge >= 0.3 is 0 Å². The van der Waals surface area contributed by atoms with Crippen molar-refractivity contribution in [2.75, 3.05) is 33.2 Å². The predicted molar refractivity (Wildman–Crippen MR) is 101 cm³/mol. The molecule has 0 radical (unpaired) electrons. The fraction of sp³-hybridized carbons (Fsp3) is 0.333. The molecule has 2 aromatic rings. The normalized spacial score (nSPS) is 24.9. The number of rotatable bonds is 3. The Morgan fingerprint density at radius 1 is 0.840 bits per heavy atom. The van der Waals surface area contributed by atoms with Crippen LogP contribution in [0.5, 0.6) is 0 Å². The van der Waals surface area contributed by atoms with Gasteiger partial charge < -0.3 is 15.0 Å². The maximum absolute atomic E-state index is 6.55. The summed E-state index contributed by atoms with van der Waals surface area (Å²) >= 11 is 0. The molecule has 130 valence electrons. The van der Waals surface area contributed by atoms with E-state index in [2.05, 4.69) is 77.6 Å². The zero-order valence-electron chi connectivity index (χ0n) is 14.9. The van der Waals surface area contributed by atoms with Crippen molar-refractivity contribution >= 4 is 11.5 Å². The van der Waals surface area contributed by atoms with Gasteiger partial charge in [0.05, 0.1) is 5.70 Å². The Kier molecular flexibility index (Phi) is 4.24. The highest BCUT2D eigenvalue weighted by Gasteiger charge is 2.42. The topological polar surface area (TPSA) is 27.7 Å². The highest BCUT2D eigenvalue weighted by molar-refractivity contribution is 5.88. The molecule has 1 fully saturated rings. The predicted octanol–water partition coefficient (Wildman–Crippen LogP) is 3.05. The van der Waals surface area contributed by atoms with Gasteiger partial charge in [0, 0.05) is 44.2 Å². The summed E-state index contributed by atoms with van der Waals surface area (Å²) in [5.74, 6) is 0.408. The lowest BCUT2D eigenvalue weighted by Gasteiger charge is -2.42. The van der Waals surface area contributed by atoms with Crippen molar-refractivity contribution < 1.29 is 4.74 Å². The molecular formula is C21H25N3O. The van der Waals surface area contributed by atoms with Crippen LogP contribution in [-0.2, 0) is 4.74 Å². The quantitative estimate of drug-likeness (QED) is 0.933. The fourth-order valence-electron chi connectivity index (χ4n) is 3.54. The Hall–Kier alpha value is -2.30. The Balaban J connectivity index is 1.69. The first kappa shape index (κ1) is 16.2. The molecule has 2 heterocycles. The van der Waals surface area contributed by atoms with Crippen LogP contribution in [0.25, 0.3) is 11.5 Å². The number of nitrogens with one attached hydrogen (secondary N) is 1. The van der Waals surface area contributed by atoms with Crippen molar-refractivity contribution in [3.63, 3.8) is 0 Å². The van der Waals surface area contributed by atoms with Gasteiger partial charge in [0.25, 0.3) is 0 Å². The fourth-order valence-corrected chi connectivity index (χ4v) is 3.54. The van der Waals surface area contributed by atoms with Crippen molar-refractivity contribution in [1.29, 1.82) is 0 Å². The highest BCUT2D eigenvalue weighted by atomic mass is 16.5. The third-order valence-electron chi connectivity index (χ3n) is 5.09. The molecule has 0 aromatic heterocycles. The largest absolute Gasteiger partial charge is 0.452 e. The third kappa shape index (κ3) is 3.15. The summed E-state index contributed by atoms with van der Waals surface area (Å²) in [7, 11) is 2.17. The number of hydrogen-bond acceptors (Lipinski definition) is 4. The Labute approximate surface area is 149 Å². The molecule has 4 rings (SSSR count). The minimum Gasteiger partial charge on any atom is -0.452 e. The van der Waals surface area contributed by atoms with Crippen molar-refractivity contribution in [1.82, 2.24) is 15.1 Å². The standard InChI is InChI=1S/C21H25N3O/c1-21(24-15-13-23(2)14-16-24)22-19(17-9-5-3-6-10-17)20(25-21)18-11-7-4-8-12-18/h3-12,22H,13-16H2,1-2H3. The molecule has 4 heteroatoms. The average Bonchev–Trinajstić information content (AvgIpc) is 3.03. The second-order valence-corrected chi connectivity index (χ2v) is 6.94. The lowest BCUT2D eigenvalue weighted by molar-refractivity contribution is -0.107. The van der Waals surface area contributed by atoms with Crippen LogP contribution in [0.15, 0.2) is 60.7 Å². The van der Waals surface area contributed by atoms with E-state index in [1.807, 2.05) is 12.1 Å². The molecule has 1 atom stereocenters. The monoisotopic (exact) mass is 335 g/mol. The van der Waals surface area contributed by atoms with Gasteiger partial charge in [-0.2, -0.15) is 0 Å². The molecule has 1 saturated heterocycles. The molecule has 25 heavy (non-hydrogen) atoms. The number of nitrogens with zero attached hydrogens (tertiary/aromatic N) is 2. The average molecular weight is 335 g/mol. The van der Waals surface area contributed by atoms with Crippen LogP contribution < -0.4 is 5.32 Å². The van der Waals surface area contributed by atoms with Gasteiger partial charge in [-0.25, -0.2) is 4.90 Å². The van der Waals surface area contributed by atoms with Crippen LogP contribution in [0, 0.1) is 0 Å². The van der Waals surface area contributed by atoms with Crippen molar-refractivity contribution in [3.05, 3.63) is 71.8 Å². The summed E-state index contributed by atoms with van der Waals surface area (Å²) in [5, 5.41) is 3.68. The van der Waals surface area contributed by atoms with Crippen LogP contribution in [0.1, 0.15) is 18.1 Å². The van der Waals surface area contributed by atoms with Gasteiger partial charge in [0.2, 0.25) is 5.85 Å². The van der Waals surface area contributed by atoms with Crippen LogP contribution in [-0.4, -0.2) is 48.9 Å². The van der Waals surface area contributed by atoms with E-state index in [0.29, 0.717) is 0 Å². The van der Waals surface area contributed by atoms with Gasteiger partial charge in [-0.05, 0) is 7.05 Å². The van der Waals surface area contributed by atoms with E-state index in [0.717, 1.165) is 48.8 Å². The molecule has 2 aliphatic heterocycles. The second-order valence-electron chi connectivity index (χ2n) is 6.94. The van der Waals surface area contributed by atoms with E-state index in [-0.39, 0.29) is 0 Å². The molecule has 1 unspecified atom stereocenters. The Morgan fingerprint density at radius 3 is 2.00 bits per heavy atom. The van der Waals surface area contributed by atoms with Crippen LogP contribution >= 0.6 is 0 Å². The smallest absolute Gasteiger partial charge is 0.238 e. The first-order valence-corrected chi connectivity index (χ1v) is 8.92. The molecule has 0 bridgehead atoms. The number of ether oxygens (including phenoxy) is 1. The number of benzene rings is 2. The van der Waals surface area contributed by atoms with Gasteiger partial charge in [-0.1, -0.05) is 60.7 Å². The van der Waals surface area contributed by atoms with E-state index in [1.54, 1.807) is 0 Å². The van der Waals surface area contributed by atoms with Gasteiger partial charge in [-0.3, -0.25) is 0 Å². The molecule has 4 nitrogen and oxygen atoms in total. The van der Waals surface area contributed by atoms with E-state index in [4.69, 9.17) is 4.74 Å². The summed E-state index contributed by atoms with van der Waals surface area (Å²) < 4.78 is 6.55. The lowest BCUT2D eigenvalue weighted by atomic mass is 10.1. The van der Waals surface area contributed by atoms with E-state index in [9.17, 15) is 0 Å². The summed E-state index contributed by atoms with van der Waals surface area (Å²) in [5.41, 5.74) is 3.32. The van der Waals surface area contributed by atoms with Gasteiger partial charge in [0.1, 0.15) is 0 Å². The summed E-state index contributed by atoms with van der Waals surface area (Å²) in [6, 6.07) is 20.8. The molecule has 2 aromatic carbocycles. The number of likely N-dealkylation sites (N-methyl/N-ethyl adjacent to an activating group) is 1. The number of hydrogen-bond donors (Lipinski definition) is 1. The third-order valence-corrected chi connectivity index (χ3v) is 5.09.